The Balaban J connectivity index is 2.35. The number of aromatic amines is 1. The van der Waals surface area contributed by atoms with Crippen LogP contribution in [-0.4, -0.2) is 29.1 Å². The molecule has 3 N–H and O–H groups in total. The average Bonchev–Trinajstić information content (AvgIpc) is 2.79. The van der Waals surface area contributed by atoms with Crippen LogP contribution in [0.15, 0.2) is 24.4 Å². The molecule has 1 amide bonds. The van der Waals surface area contributed by atoms with Crippen molar-refractivity contribution in [2.45, 2.75) is 6.92 Å². The number of nitrogens with one attached hydrogen (secondary N) is 2. The number of H-pyrrole nitrogens is 1. The van der Waals surface area contributed by atoms with Crippen LogP contribution in [0.3, 0.4) is 0 Å². The number of ether oxygens (including phenoxy) is 1. The second-order valence-corrected chi connectivity index (χ2v) is 4.74. The van der Waals surface area contributed by atoms with Gasteiger partial charge in [-0.15, -0.1) is 0 Å². The molecule has 0 saturated carbocycles. The Morgan fingerprint density at radius 2 is 2.10 bits per heavy atom. The molecule has 0 atom stereocenters. The number of aromatic nitrogens is 1. The number of carboxylic acids is 1. The van der Waals surface area contributed by atoms with Gasteiger partial charge < -0.3 is 20.1 Å². The van der Waals surface area contributed by atoms with E-state index in [-0.39, 0.29) is 16.8 Å². The summed E-state index contributed by atoms with van der Waals surface area (Å²) < 4.78 is 5.10. The number of anilines is 1. The van der Waals surface area contributed by atoms with E-state index in [0.717, 1.165) is 0 Å². The summed E-state index contributed by atoms with van der Waals surface area (Å²) in [6, 6.07) is 4.62. The fourth-order valence-corrected chi connectivity index (χ4v) is 2.12. The van der Waals surface area contributed by atoms with Crippen LogP contribution in [0, 0.1) is 6.92 Å². The molecule has 1 aromatic heterocycles. The molecule has 21 heavy (non-hydrogen) atoms. The molecule has 0 aliphatic carbocycles. The molecule has 7 heteroatoms. The fourth-order valence-electron chi connectivity index (χ4n) is 1.95. The van der Waals surface area contributed by atoms with Crippen LogP contribution in [0.25, 0.3) is 0 Å². The molecule has 0 spiro atoms. The molecule has 0 radical (unpaired) electrons. The third kappa shape index (κ3) is 3.00. The summed E-state index contributed by atoms with van der Waals surface area (Å²) in [5, 5.41) is 12.1. The number of amides is 1. The lowest BCUT2D eigenvalue weighted by molar-refractivity contribution is 0.0697. The highest BCUT2D eigenvalue weighted by atomic mass is 35.5. The minimum absolute atomic E-state index is 0.0179. The fraction of sp³-hybridized carbons (Fsp3) is 0.143. The molecule has 0 aliphatic rings. The lowest BCUT2D eigenvalue weighted by Crippen LogP contribution is -2.15. The Kier molecular flexibility index (Phi) is 4.18. The lowest BCUT2D eigenvalue weighted by Gasteiger charge is -2.09. The number of carboxylic acid groups (broad SMARTS) is 1. The number of hydrogen-bond acceptors (Lipinski definition) is 3. The van der Waals surface area contributed by atoms with Crippen LogP contribution in [0.5, 0.6) is 5.75 Å². The molecule has 110 valence electrons. The van der Waals surface area contributed by atoms with Crippen LogP contribution in [0.2, 0.25) is 5.02 Å². The zero-order chi connectivity index (χ0) is 15.6. The standard InChI is InChI=1S/C14H13ClN2O4/c1-7-12(14(19)20)10(6-16-7)17-13(18)9-5-8(15)3-4-11(9)21-2/h3-6,16H,1-2H3,(H,17,18)(H,19,20). The molecule has 2 aromatic rings. The number of carbonyl (C=O) groups is 2. The third-order valence-corrected chi connectivity index (χ3v) is 3.18. The van der Waals surface area contributed by atoms with Crippen LogP contribution in [-0.2, 0) is 0 Å². The topological polar surface area (TPSA) is 91.4 Å². The molecule has 2 rings (SSSR count). The normalized spacial score (nSPS) is 10.2. The van der Waals surface area contributed by atoms with Crippen molar-refractivity contribution < 1.29 is 19.4 Å². The molecule has 0 bridgehead atoms. The minimum Gasteiger partial charge on any atom is -0.496 e. The summed E-state index contributed by atoms with van der Waals surface area (Å²) in [7, 11) is 1.43. The maximum atomic E-state index is 12.3. The first-order chi connectivity index (χ1) is 9.93. The monoisotopic (exact) mass is 308 g/mol. The van der Waals surface area contributed by atoms with Gasteiger partial charge in [0.15, 0.2) is 0 Å². The number of hydrogen-bond donors (Lipinski definition) is 3. The van der Waals surface area contributed by atoms with Crippen molar-refractivity contribution in [3.8, 4) is 5.75 Å². The van der Waals surface area contributed by atoms with Crippen LogP contribution in [0.4, 0.5) is 5.69 Å². The molecule has 0 aliphatic heterocycles. The van der Waals surface area contributed by atoms with Gasteiger partial charge in [0.05, 0.1) is 18.4 Å². The highest BCUT2D eigenvalue weighted by Gasteiger charge is 2.19. The molecule has 0 unspecified atom stereocenters. The van der Waals surface area contributed by atoms with Crippen molar-refractivity contribution in [1.82, 2.24) is 4.98 Å². The number of methoxy groups -OCH3 is 1. The number of halogens is 1. The predicted molar refractivity (Wildman–Crippen MR) is 78.4 cm³/mol. The van der Waals surface area contributed by atoms with Crippen molar-refractivity contribution in [2.24, 2.45) is 0 Å². The first-order valence-corrected chi connectivity index (χ1v) is 6.38. The second-order valence-electron chi connectivity index (χ2n) is 4.31. The molecule has 0 fully saturated rings. The Bertz CT molecular complexity index is 709. The SMILES string of the molecule is COc1ccc(Cl)cc1C(=O)Nc1c[nH]c(C)c1C(=O)O. The molecular weight excluding hydrogens is 296 g/mol. The highest BCUT2D eigenvalue weighted by Crippen LogP contribution is 2.25. The smallest absolute Gasteiger partial charge is 0.339 e. The van der Waals surface area contributed by atoms with E-state index in [1.165, 1.54) is 19.4 Å². The maximum absolute atomic E-state index is 12.3. The van der Waals surface area contributed by atoms with Crippen molar-refractivity contribution >= 4 is 29.2 Å². The number of aryl methyl sites for hydroxylation is 1. The summed E-state index contributed by atoms with van der Waals surface area (Å²) in [6.07, 6.45) is 1.42. The molecule has 1 aromatic carbocycles. The molecule has 0 saturated heterocycles. The zero-order valence-electron chi connectivity index (χ0n) is 11.4. The summed E-state index contributed by atoms with van der Waals surface area (Å²) in [5.41, 5.74) is 0.882. The summed E-state index contributed by atoms with van der Waals surface area (Å²) >= 11 is 5.87. The Labute approximate surface area is 125 Å². The van der Waals surface area contributed by atoms with E-state index in [1.807, 2.05) is 0 Å². The van der Waals surface area contributed by atoms with Gasteiger partial charge in [0.1, 0.15) is 11.3 Å². The number of aromatic carboxylic acids is 1. The number of rotatable bonds is 4. The van der Waals surface area contributed by atoms with E-state index in [1.54, 1.807) is 19.1 Å². The summed E-state index contributed by atoms with van der Waals surface area (Å²) in [6.45, 7) is 1.61. The van der Waals surface area contributed by atoms with Gasteiger partial charge in [-0.25, -0.2) is 4.79 Å². The van der Waals surface area contributed by atoms with E-state index in [2.05, 4.69) is 10.3 Å². The van der Waals surface area contributed by atoms with E-state index < -0.39 is 11.9 Å². The van der Waals surface area contributed by atoms with Crippen LogP contribution in [0.1, 0.15) is 26.4 Å². The number of benzene rings is 1. The Hall–Kier alpha value is -2.47. The largest absolute Gasteiger partial charge is 0.496 e. The highest BCUT2D eigenvalue weighted by molar-refractivity contribution is 6.31. The lowest BCUT2D eigenvalue weighted by atomic mass is 10.1. The minimum atomic E-state index is -1.12. The van der Waals surface area contributed by atoms with Gasteiger partial charge in [0.25, 0.3) is 5.91 Å². The van der Waals surface area contributed by atoms with Gasteiger partial charge in [0, 0.05) is 16.9 Å². The van der Waals surface area contributed by atoms with Gasteiger partial charge in [0.2, 0.25) is 0 Å². The second kappa shape index (κ2) is 5.88. The number of carbonyl (C=O) groups excluding carboxylic acids is 1. The van der Waals surface area contributed by atoms with E-state index in [0.29, 0.717) is 16.5 Å². The van der Waals surface area contributed by atoms with Crippen molar-refractivity contribution in [2.75, 3.05) is 12.4 Å². The third-order valence-electron chi connectivity index (χ3n) is 2.95. The Morgan fingerprint density at radius 1 is 1.38 bits per heavy atom. The molecule has 1 heterocycles. The van der Waals surface area contributed by atoms with Gasteiger partial charge >= 0.3 is 5.97 Å². The quantitative estimate of drug-likeness (QED) is 0.810. The van der Waals surface area contributed by atoms with Crippen LogP contribution < -0.4 is 10.1 Å². The van der Waals surface area contributed by atoms with Gasteiger partial charge in [-0.2, -0.15) is 0 Å². The zero-order valence-corrected chi connectivity index (χ0v) is 12.1. The molecule has 6 nitrogen and oxygen atoms in total. The summed E-state index contributed by atoms with van der Waals surface area (Å²) in [4.78, 5) is 26.2. The van der Waals surface area contributed by atoms with Crippen LogP contribution >= 0.6 is 11.6 Å². The van der Waals surface area contributed by atoms with E-state index in [9.17, 15) is 9.59 Å². The van der Waals surface area contributed by atoms with Crippen molar-refractivity contribution in [3.63, 3.8) is 0 Å². The first-order valence-electron chi connectivity index (χ1n) is 6.00. The summed E-state index contributed by atoms with van der Waals surface area (Å²) in [5.74, 6) is -1.28. The van der Waals surface area contributed by atoms with Crippen molar-refractivity contribution in [1.29, 1.82) is 0 Å². The molecular formula is C14H13ClN2O4. The van der Waals surface area contributed by atoms with Crippen molar-refractivity contribution in [3.05, 3.63) is 46.2 Å². The maximum Gasteiger partial charge on any atom is 0.339 e. The first kappa shape index (κ1) is 14.9. The van der Waals surface area contributed by atoms with E-state index in [4.69, 9.17) is 21.4 Å². The van der Waals surface area contributed by atoms with Gasteiger partial charge in [-0.3, -0.25) is 4.79 Å². The predicted octanol–water partition coefficient (Wildman–Crippen LogP) is 2.94. The van der Waals surface area contributed by atoms with E-state index >= 15 is 0 Å². The van der Waals surface area contributed by atoms with Gasteiger partial charge in [-0.1, -0.05) is 11.6 Å². The Morgan fingerprint density at radius 3 is 2.71 bits per heavy atom. The average molecular weight is 309 g/mol. The van der Waals surface area contributed by atoms with Gasteiger partial charge in [-0.05, 0) is 25.1 Å².